The van der Waals surface area contributed by atoms with E-state index < -0.39 is 29.6 Å². The van der Waals surface area contributed by atoms with Crippen LogP contribution in [0.3, 0.4) is 0 Å². The number of ether oxygens (including phenoxy) is 1. The number of halogens is 3. The zero-order valence-corrected chi connectivity index (χ0v) is 17.9. The molecule has 1 aliphatic heterocycles. The number of hydrogen-bond acceptors (Lipinski definition) is 3. The van der Waals surface area contributed by atoms with Gasteiger partial charge < -0.3 is 15.0 Å². The molecule has 1 aliphatic rings. The number of carbonyl (C=O) groups excluding carboxylic acids is 2. The van der Waals surface area contributed by atoms with E-state index in [1.165, 1.54) is 24.1 Å². The van der Waals surface area contributed by atoms with Crippen molar-refractivity contribution in [2.24, 2.45) is 0 Å². The lowest BCUT2D eigenvalue weighted by atomic mass is 9.79. The van der Waals surface area contributed by atoms with E-state index in [9.17, 15) is 22.8 Å². The van der Waals surface area contributed by atoms with E-state index in [4.69, 9.17) is 4.74 Å². The first kappa shape index (κ1) is 22.4. The van der Waals surface area contributed by atoms with Crippen LogP contribution in [0.1, 0.15) is 39.0 Å². The van der Waals surface area contributed by atoms with Crippen molar-refractivity contribution in [1.82, 2.24) is 4.90 Å². The van der Waals surface area contributed by atoms with Gasteiger partial charge in [0.25, 0.3) is 5.91 Å². The summed E-state index contributed by atoms with van der Waals surface area (Å²) in [6, 6.07) is 17.6. The summed E-state index contributed by atoms with van der Waals surface area (Å²) in [5.74, 6) is -0.975. The lowest BCUT2D eigenvalue weighted by Gasteiger charge is -2.39. The van der Waals surface area contributed by atoms with Crippen molar-refractivity contribution >= 4 is 17.5 Å². The Balaban J connectivity index is 1.77. The van der Waals surface area contributed by atoms with E-state index in [1.807, 2.05) is 0 Å². The number of hydrogen-bond donors (Lipinski definition) is 1. The molecule has 0 aromatic heterocycles. The Labute approximate surface area is 188 Å². The van der Waals surface area contributed by atoms with Crippen molar-refractivity contribution in [3.05, 3.63) is 95.1 Å². The average molecular weight is 454 g/mol. The topological polar surface area (TPSA) is 58.6 Å². The molecule has 8 heteroatoms. The van der Waals surface area contributed by atoms with Crippen LogP contribution in [0.4, 0.5) is 18.9 Å². The Morgan fingerprint density at radius 3 is 2.36 bits per heavy atom. The molecule has 0 unspecified atom stereocenters. The summed E-state index contributed by atoms with van der Waals surface area (Å²) in [4.78, 5) is 28.0. The minimum absolute atomic E-state index is 0.0281. The van der Waals surface area contributed by atoms with Gasteiger partial charge in [0.15, 0.2) is 0 Å². The second kappa shape index (κ2) is 8.61. The molecule has 1 heterocycles. The van der Waals surface area contributed by atoms with Gasteiger partial charge >= 0.3 is 6.18 Å². The molecule has 0 radical (unpaired) electrons. The van der Waals surface area contributed by atoms with Crippen LogP contribution >= 0.6 is 0 Å². The molecule has 3 aromatic rings. The Bertz CT molecular complexity index is 1190. The molecule has 0 bridgehead atoms. The zero-order chi connectivity index (χ0) is 23.8. The molecule has 0 aliphatic carbocycles. The smallest absolute Gasteiger partial charge is 0.416 e. The second-order valence-corrected chi connectivity index (χ2v) is 7.77. The summed E-state index contributed by atoms with van der Waals surface area (Å²) in [5, 5.41) is 2.62. The number of nitrogens with one attached hydrogen (secondary N) is 1. The van der Waals surface area contributed by atoms with Crippen LogP contribution in [-0.2, 0) is 11.0 Å². The zero-order valence-electron chi connectivity index (χ0n) is 17.9. The van der Waals surface area contributed by atoms with Crippen molar-refractivity contribution in [3.8, 4) is 5.75 Å². The molecule has 4 rings (SSSR count). The van der Waals surface area contributed by atoms with Crippen molar-refractivity contribution in [2.75, 3.05) is 19.5 Å². The summed E-state index contributed by atoms with van der Waals surface area (Å²) in [7, 11) is 3.14. The number of nitrogens with zero attached hydrogens (tertiary/aromatic N) is 1. The fourth-order valence-electron chi connectivity index (χ4n) is 4.17. The minimum atomic E-state index is -4.53. The molecule has 170 valence electrons. The first-order chi connectivity index (χ1) is 15.7. The van der Waals surface area contributed by atoms with Crippen LogP contribution in [-0.4, -0.2) is 30.9 Å². The van der Waals surface area contributed by atoms with Gasteiger partial charge in [-0.15, -0.1) is 0 Å². The van der Waals surface area contributed by atoms with Gasteiger partial charge in [0.05, 0.1) is 24.6 Å². The third-order valence-electron chi connectivity index (χ3n) is 5.78. The van der Waals surface area contributed by atoms with E-state index in [0.29, 0.717) is 22.4 Å². The highest BCUT2D eigenvalue weighted by atomic mass is 19.4. The highest BCUT2D eigenvalue weighted by Crippen LogP contribution is 2.43. The van der Waals surface area contributed by atoms with E-state index in [-0.39, 0.29) is 11.6 Å². The number of carbonyl (C=O) groups is 2. The number of methoxy groups -OCH3 is 1. The molecule has 0 fully saturated rings. The molecular weight excluding hydrogens is 433 g/mol. The van der Waals surface area contributed by atoms with Gasteiger partial charge in [-0.25, -0.2) is 0 Å². The third kappa shape index (κ3) is 4.28. The Morgan fingerprint density at radius 2 is 1.70 bits per heavy atom. The van der Waals surface area contributed by atoms with Crippen LogP contribution < -0.4 is 10.1 Å². The predicted molar refractivity (Wildman–Crippen MR) is 117 cm³/mol. The lowest BCUT2D eigenvalue weighted by Crippen LogP contribution is -2.44. The van der Waals surface area contributed by atoms with E-state index in [1.54, 1.807) is 55.6 Å². The van der Waals surface area contributed by atoms with Crippen molar-refractivity contribution in [3.63, 3.8) is 0 Å². The maximum Gasteiger partial charge on any atom is 0.416 e. The van der Waals surface area contributed by atoms with Gasteiger partial charge in [-0.2, -0.15) is 13.2 Å². The molecule has 5 nitrogen and oxygen atoms in total. The normalized spacial score (nSPS) is 18.0. The van der Waals surface area contributed by atoms with Gasteiger partial charge in [-0.1, -0.05) is 36.4 Å². The summed E-state index contributed by atoms with van der Waals surface area (Å²) in [6.07, 6.45) is -4.53. The first-order valence-electron chi connectivity index (χ1n) is 10.2. The summed E-state index contributed by atoms with van der Waals surface area (Å²) in [6.45, 7) is 0. The highest BCUT2D eigenvalue weighted by molar-refractivity contribution is 6.04. The Morgan fingerprint density at radius 1 is 1.00 bits per heavy atom. The molecule has 3 aromatic carbocycles. The highest BCUT2D eigenvalue weighted by Gasteiger charge is 2.42. The van der Waals surface area contributed by atoms with Gasteiger partial charge in [0, 0.05) is 18.3 Å². The standard InChI is InChI=1S/C25H21F3N2O3/c1-30-22(15-10-12-18(33-2)13-11-15)21(19-8-3-4-9-20(19)24(30)32)23(31)29-17-7-5-6-16(14-17)25(26,27)28/h3-14,21-22H,1-2H3,(H,29,31)/t21-,22+/m1/s1. The van der Waals surface area contributed by atoms with Crippen molar-refractivity contribution < 1.29 is 27.5 Å². The number of fused-ring (bicyclic) bond motifs is 1. The molecule has 0 saturated heterocycles. The van der Waals surface area contributed by atoms with Crippen molar-refractivity contribution in [2.45, 2.75) is 18.1 Å². The monoisotopic (exact) mass is 454 g/mol. The van der Waals surface area contributed by atoms with Gasteiger partial charge in [-0.3, -0.25) is 9.59 Å². The first-order valence-corrected chi connectivity index (χ1v) is 10.2. The summed E-state index contributed by atoms with van der Waals surface area (Å²) >= 11 is 0. The van der Waals surface area contributed by atoms with Gasteiger partial charge in [-0.05, 0) is 47.5 Å². The molecule has 2 atom stereocenters. The SMILES string of the molecule is COc1ccc([C@H]2[C@H](C(=O)Nc3cccc(C(F)(F)F)c3)c3ccccc3C(=O)N2C)cc1. The largest absolute Gasteiger partial charge is 0.497 e. The molecule has 1 N–H and O–H groups in total. The summed E-state index contributed by atoms with van der Waals surface area (Å²) in [5.41, 5.74) is 0.772. The molecule has 0 spiro atoms. The molecule has 0 saturated carbocycles. The van der Waals surface area contributed by atoms with Crippen LogP contribution in [0.2, 0.25) is 0 Å². The lowest BCUT2D eigenvalue weighted by molar-refractivity contribution is -0.137. The molecule has 2 amide bonds. The van der Waals surface area contributed by atoms with Crippen molar-refractivity contribution in [1.29, 1.82) is 0 Å². The Hall–Kier alpha value is -3.81. The average Bonchev–Trinajstić information content (AvgIpc) is 2.81. The fraction of sp³-hybridized carbons (Fsp3) is 0.200. The van der Waals surface area contributed by atoms with Crippen LogP contribution in [0.5, 0.6) is 5.75 Å². The number of amides is 2. The quantitative estimate of drug-likeness (QED) is 0.585. The number of rotatable bonds is 4. The van der Waals surface area contributed by atoms with Gasteiger partial charge in [0.2, 0.25) is 5.91 Å². The molecular formula is C25H21F3N2O3. The van der Waals surface area contributed by atoms with Crippen LogP contribution in [0.25, 0.3) is 0 Å². The maximum atomic E-state index is 13.5. The number of alkyl halides is 3. The van der Waals surface area contributed by atoms with E-state index in [0.717, 1.165) is 12.1 Å². The van der Waals surface area contributed by atoms with Crippen LogP contribution in [0, 0.1) is 0 Å². The third-order valence-corrected chi connectivity index (χ3v) is 5.78. The van der Waals surface area contributed by atoms with E-state index >= 15 is 0 Å². The summed E-state index contributed by atoms with van der Waals surface area (Å²) < 4.78 is 44.6. The van der Waals surface area contributed by atoms with E-state index in [2.05, 4.69) is 5.32 Å². The minimum Gasteiger partial charge on any atom is -0.497 e. The fourth-order valence-corrected chi connectivity index (χ4v) is 4.17. The number of benzene rings is 3. The van der Waals surface area contributed by atoms with Crippen LogP contribution in [0.15, 0.2) is 72.8 Å². The molecule has 33 heavy (non-hydrogen) atoms. The number of anilines is 1. The second-order valence-electron chi connectivity index (χ2n) is 7.77. The number of likely N-dealkylation sites (N-methyl/N-ethyl adjacent to an activating group) is 1. The van der Waals surface area contributed by atoms with Gasteiger partial charge in [0.1, 0.15) is 5.75 Å². The maximum absolute atomic E-state index is 13.5. The Kier molecular flexibility index (Phi) is 5.84. The predicted octanol–water partition coefficient (Wildman–Crippen LogP) is 5.26.